The highest BCUT2D eigenvalue weighted by Gasteiger charge is 2.45. The molecule has 0 spiro atoms. The van der Waals surface area contributed by atoms with Gasteiger partial charge in [-0.3, -0.25) is 9.69 Å². The second kappa shape index (κ2) is 3.77. The Morgan fingerprint density at radius 3 is 2.57 bits per heavy atom. The van der Waals surface area contributed by atoms with Crippen LogP contribution in [0.1, 0.15) is 26.7 Å². The van der Waals surface area contributed by atoms with Crippen molar-refractivity contribution in [1.29, 1.82) is 0 Å². The van der Waals surface area contributed by atoms with Gasteiger partial charge in [0.15, 0.2) is 0 Å². The molecule has 1 rings (SSSR count). The van der Waals surface area contributed by atoms with Crippen LogP contribution in [0.4, 0.5) is 4.79 Å². The lowest BCUT2D eigenvalue weighted by atomic mass is 9.99. The van der Waals surface area contributed by atoms with Crippen molar-refractivity contribution in [3.63, 3.8) is 0 Å². The summed E-state index contributed by atoms with van der Waals surface area (Å²) in [6, 6.07) is -0.402. The Labute approximate surface area is 82.4 Å². The standard InChI is InChI=1S/C9H14N2O3/c1-3-9(2)7(13)11(5-4-6-12)8(14)10-9/h6H,3-5H2,1-2H3,(H,10,14). The normalized spacial score (nSPS) is 26.6. The van der Waals surface area contributed by atoms with Crippen LogP contribution in [0.5, 0.6) is 0 Å². The summed E-state index contributed by atoms with van der Waals surface area (Å²) in [7, 11) is 0. The maximum Gasteiger partial charge on any atom is 0.325 e. The lowest BCUT2D eigenvalue weighted by molar-refractivity contribution is -0.130. The number of nitrogens with zero attached hydrogens (tertiary/aromatic N) is 1. The monoisotopic (exact) mass is 198 g/mol. The van der Waals surface area contributed by atoms with Crippen molar-refractivity contribution in [3.8, 4) is 0 Å². The molecule has 0 aliphatic carbocycles. The zero-order valence-electron chi connectivity index (χ0n) is 8.37. The van der Waals surface area contributed by atoms with Crippen LogP contribution in [0.15, 0.2) is 0 Å². The summed E-state index contributed by atoms with van der Waals surface area (Å²) in [5, 5.41) is 2.61. The summed E-state index contributed by atoms with van der Waals surface area (Å²) in [5.74, 6) is -0.244. The van der Waals surface area contributed by atoms with E-state index >= 15 is 0 Å². The zero-order chi connectivity index (χ0) is 10.8. The van der Waals surface area contributed by atoms with Crippen LogP contribution in [0.2, 0.25) is 0 Å². The van der Waals surface area contributed by atoms with Gasteiger partial charge in [-0.05, 0) is 13.3 Å². The fraction of sp³-hybridized carbons (Fsp3) is 0.667. The molecule has 0 aromatic carbocycles. The van der Waals surface area contributed by atoms with Crippen LogP contribution in [-0.2, 0) is 9.59 Å². The van der Waals surface area contributed by atoms with Crippen LogP contribution in [0.25, 0.3) is 0 Å². The summed E-state index contributed by atoms with van der Waals surface area (Å²) in [6.07, 6.45) is 1.44. The highest BCUT2D eigenvalue weighted by atomic mass is 16.2. The molecule has 14 heavy (non-hydrogen) atoms. The molecule has 1 fully saturated rings. The van der Waals surface area contributed by atoms with Gasteiger partial charge in [0.25, 0.3) is 5.91 Å². The van der Waals surface area contributed by atoms with E-state index in [1.165, 1.54) is 0 Å². The third kappa shape index (κ3) is 1.62. The lowest BCUT2D eigenvalue weighted by Crippen LogP contribution is -2.43. The second-order valence-corrected chi connectivity index (χ2v) is 3.53. The van der Waals surface area contributed by atoms with Gasteiger partial charge in [0.1, 0.15) is 11.8 Å². The van der Waals surface area contributed by atoms with Gasteiger partial charge in [0, 0.05) is 13.0 Å². The molecule has 3 amide bonds. The van der Waals surface area contributed by atoms with Crippen LogP contribution < -0.4 is 5.32 Å². The number of hydrogen-bond acceptors (Lipinski definition) is 3. The molecule has 1 atom stereocenters. The van der Waals surface area contributed by atoms with Crippen molar-refractivity contribution in [2.75, 3.05) is 6.54 Å². The van der Waals surface area contributed by atoms with Gasteiger partial charge in [-0.25, -0.2) is 4.79 Å². The zero-order valence-corrected chi connectivity index (χ0v) is 8.37. The molecule has 0 saturated carbocycles. The van der Waals surface area contributed by atoms with Gasteiger partial charge in [0.05, 0.1) is 0 Å². The number of carbonyl (C=O) groups excluding carboxylic acids is 3. The summed E-state index contributed by atoms with van der Waals surface area (Å²) in [6.45, 7) is 3.69. The molecule has 1 saturated heterocycles. The largest absolute Gasteiger partial charge is 0.325 e. The van der Waals surface area contributed by atoms with Crippen molar-refractivity contribution < 1.29 is 14.4 Å². The van der Waals surface area contributed by atoms with E-state index in [0.29, 0.717) is 12.7 Å². The predicted octanol–water partition coefficient (Wildman–Crippen LogP) is 0.296. The smallest absolute Gasteiger partial charge is 0.323 e. The topological polar surface area (TPSA) is 66.5 Å². The second-order valence-electron chi connectivity index (χ2n) is 3.53. The first kappa shape index (κ1) is 10.7. The molecule has 5 nitrogen and oxygen atoms in total. The molecule has 0 radical (unpaired) electrons. The van der Waals surface area contributed by atoms with Crippen LogP contribution in [-0.4, -0.2) is 35.2 Å². The van der Waals surface area contributed by atoms with E-state index in [9.17, 15) is 14.4 Å². The Morgan fingerprint density at radius 2 is 2.14 bits per heavy atom. The first-order valence-corrected chi connectivity index (χ1v) is 4.63. The van der Waals surface area contributed by atoms with Crippen molar-refractivity contribution in [2.24, 2.45) is 0 Å². The first-order chi connectivity index (χ1) is 6.55. The Hall–Kier alpha value is -1.39. The van der Waals surface area contributed by atoms with E-state index in [4.69, 9.17) is 0 Å². The fourth-order valence-corrected chi connectivity index (χ4v) is 1.37. The number of nitrogens with one attached hydrogen (secondary N) is 1. The van der Waals surface area contributed by atoms with Crippen molar-refractivity contribution >= 4 is 18.2 Å². The number of amides is 3. The van der Waals surface area contributed by atoms with Crippen molar-refractivity contribution in [3.05, 3.63) is 0 Å². The molecule has 1 N–H and O–H groups in total. The number of rotatable bonds is 4. The van der Waals surface area contributed by atoms with Gasteiger partial charge in [-0.15, -0.1) is 0 Å². The molecule has 0 bridgehead atoms. The van der Waals surface area contributed by atoms with E-state index in [2.05, 4.69) is 5.32 Å². The van der Waals surface area contributed by atoms with E-state index in [1.807, 2.05) is 6.92 Å². The molecule has 1 aliphatic rings. The molecule has 5 heteroatoms. The SMILES string of the molecule is CCC1(C)NC(=O)N(CCC=O)C1=O. The Morgan fingerprint density at radius 1 is 1.50 bits per heavy atom. The minimum absolute atomic E-state index is 0.170. The highest BCUT2D eigenvalue weighted by Crippen LogP contribution is 2.20. The molecule has 0 aromatic rings. The summed E-state index contributed by atoms with van der Waals surface area (Å²) < 4.78 is 0. The number of hydrogen-bond donors (Lipinski definition) is 1. The van der Waals surface area contributed by atoms with E-state index in [-0.39, 0.29) is 18.9 Å². The van der Waals surface area contributed by atoms with Gasteiger partial charge in [-0.2, -0.15) is 0 Å². The third-order valence-corrected chi connectivity index (χ3v) is 2.52. The Kier molecular flexibility index (Phi) is 2.88. The van der Waals surface area contributed by atoms with Crippen molar-refractivity contribution in [1.82, 2.24) is 10.2 Å². The molecular weight excluding hydrogens is 184 g/mol. The van der Waals surface area contributed by atoms with Crippen molar-refractivity contribution in [2.45, 2.75) is 32.2 Å². The maximum atomic E-state index is 11.7. The minimum atomic E-state index is -0.792. The van der Waals surface area contributed by atoms with Gasteiger partial charge in [0.2, 0.25) is 0 Å². The average Bonchev–Trinajstić information content (AvgIpc) is 2.37. The highest BCUT2D eigenvalue weighted by molar-refractivity contribution is 6.06. The predicted molar refractivity (Wildman–Crippen MR) is 49.6 cm³/mol. The van der Waals surface area contributed by atoms with Gasteiger partial charge < -0.3 is 10.1 Å². The average molecular weight is 198 g/mol. The van der Waals surface area contributed by atoms with E-state index in [1.54, 1.807) is 6.92 Å². The summed E-state index contributed by atoms with van der Waals surface area (Å²) in [4.78, 5) is 34.3. The number of urea groups is 1. The first-order valence-electron chi connectivity index (χ1n) is 4.63. The number of aldehydes is 1. The van der Waals surface area contributed by atoms with E-state index in [0.717, 1.165) is 4.90 Å². The summed E-state index contributed by atoms with van der Waals surface area (Å²) >= 11 is 0. The fourth-order valence-electron chi connectivity index (χ4n) is 1.37. The lowest BCUT2D eigenvalue weighted by Gasteiger charge is -2.18. The number of imide groups is 1. The van der Waals surface area contributed by atoms with Crippen LogP contribution in [0, 0.1) is 0 Å². The van der Waals surface area contributed by atoms with Crippen LogP contribution in [0.3, 0.4) is 0 Å². The van der Waals surface area contributed by atoms with Crippen LogP contribution >= 0.6 is 0 Å². The maximum absolute atomic E-state index is 11.7. The van der Waals surface area contributed by atoms with Gasteiger partial charge >= 0.3 is 6.03 Å². The quantitative estimate of drug-likeness (QED) is 0.521. The van der Waals surface area contributed by atoms with E-state index < -0.39 is 11.6 Å². The number of carbonyl (C=O) groups is 3. The molecule has 78 valence electrons. The molecule has 1 unspecified atom stereocenters. The minimum Gasteiger partial charge on any atom is -0.323 e. The third-order valence-electron chi connectivity index (χ3n) is 2.52. The summed E-state index contributed by atoms with van der Waals surface area (Å²) in [5.41, 5.74) is -0.792. The molecule has 1 heterocycles. The molecule has 1 aliphatic heterocycles. The molecular formula is C9H14N2O3. The molecule has 0 aromatic heterocycles. The van der Waals surface area contributed by atoms with Gasteiger partial charge in [-0.1, -0.05) is 6.92 Å². The Balaban J connectivity index is 2.75. The Bertz CT molecular complexity index is 277.